The Morgan fingerprint density at radius 2 is 1.82 bits per heavy atom. The highest BCUT2D eigenvalue weighted by Crippen LogP contribution is 2.31. The van der Waals surface area contributed by atoms with E-state index >= 15 is 0 Å². The molecule has 33 heavy (non-hydrogen) atoms. The highest BCUT2D eigenvalue weighted by molar-refractivity contribution is 6.30. The first kappa shape index (κ1) is 23.3. The normalized spacial score (nSPS) is 19.1. The fourth-order valence-electron chi connectivity index (χ4n) is 4.81. The summed E-state index contributed by atoms with van der Waals surface area (Å²) < 4.78 is 5.18. The molecule has 0 aromatic heterocycles. The van der Waals surface area contributed by atoms with Crippen LogP contribution in [0.4, 0.5) is 5.69 Å². The van der Waals surface area contributed by atoms with E-state index in [0.29, 0.717) is 29.4 Å². The minimum absolute atomic E-state index is 0.00112. The third-order valence-electron chi connectivity index (χ3n) is 6.60. The molecule has 1 saturated carbocycles. The first-order chi connectivity index (χ1) is 16.0. The van der Waals surface area contributed by atoms with Crippen LogP contribution in [0.1, 0.15) is 44.1 Å². The Bertz CT molecular complexity index is 1020. The van der Waals surface area contributed by atoms with Crippen molar-refractivity contribution in [2.45, 2.75) is 51.0 Å². The topological polar surface area (TPSA) is 66.9 Å². The van der Waals surface area contributed by atoms with Gasteiger partial charge in [0, 0.05) is 17.5 Å². The summed E-state index contributed by atoms with van der Waals surface area (Å²) in [6, 6.07) is 13.5. The lowest BCUT2D eigenvalue weighted by Crippen LogP contribution is -2.48. The molecule has 1 heterocycles. The summed E-state index contributed by atoms with van der Waals surface area (Å²) in [7, 11) is 1.56. The molecule has 6 nitrogen and oxygen atoms in total. The molecule has 1 atom stereocenters. The quantitative estimate of drug-likeness (QED) is 0.555. The molecule has 0 spiro atoms. The predicted molar refractivity (Wildman–Crippen MR) is 127 cm³/mol. The van der Waals surface area contributed by atoms with Gasteiger partial charge in [0.25, 0.3) is 5.91 Å². The summed E-state index contributed by atoms with van der Waals surface area (Å²) >= 11 is 6.13. The van der Waals surface area contributed by atoms with Gasteiger partial charge in [-0.05, 0) is 61.2 Å². The Morgan fingerprint density at radius 3 is 2.48 bits per heavy atom. The molecule has 0 N–H and O–H groups in total. The zero-order valence-corrected chi connectivity index (χ0v) is 19.6. The third-order valence-corrected chi connectivity index (χ3v) is 6.83. The molecule has 174 valence electrons. The Morgan fingerprint density at radius 1 is 1.09 bits per heavy atom. The SMILES string of the molecule is COc1ccc(N2C(=O)CC(N(CCc3cccc(Cl)c3)C(=O)C3CCCCC3)C2=O)cc1. The summed E-state index contributed by atoms with van der Waals surface area (Å²) in [6.07, 6.45) is 5.42. The van der Waals surface area contributed by atoms with E-state index in [0.717, 1.165) is 37.7 Å². The van der Waals surface area contributed by atoms with E-state index < -0.39 is 6.04 Å². The Kier molecular flexibility index (Phi) is 7.33. The van der Waals surface area contributed by atoms with Gasteiger partial charge in [0.15, 0.2) is 0 Å². The zero-order valence-electron chi connectivity index (χ0n) is 18.8. The van der Waals surface area contributed by atoms with Crippen LogP contribution in [0.15, 0.2) is 48.5 Å². The van der Waals surface area contributed by atoms with Crippen LogP contribution in [0.5, 0.6) is 5.75 Å². The maximum atomic E-state index is 13.6. The smallest absolute Gasteiger partial charge is 0.257 e. The molecule has 0 radical (unpaired) electrons. The van der Waals surface area contributed by atoms with E-state index in [2.05, 4.69) is 0 Å². The van der Waals surface area contributed by atoms with Crippen molar-refractivity contribution in [2.75, 3.05) is 18.6 Å². The van der Waals surface area contributed by atoms with E-state index in [1.807, 2.05) is 24.3 Å². The molecule has 0 bridgehead atoms. The lowest BCUT2D eigenvalue weighted by Gasteiger charge is -2.32. The van der Waals surface area contributed by atoms with Gasteiger partial charge in [-0.3, -0.25) is 14.4 Å². The Hall–Kier alpha value is -2.86. The molecule has 2 fully saturated rings. The van der Waals surface area contributed by atoms with Crippen LogP contribution < -0.4 is 9.64 Å². The summed E-state index contributed by atoms with van der Waals surface area (Å²) in [5.74, 6) is -0.0969. The number of carbonyl (C=O) groups is 3. The van der Waals surface area contributed by atoms with Gasteiger partial charge in [0.1, 0.15) is 11.8 Å². The van der Waals surface area contributed by atoms with Gasteiger partial charge in [-0.2, -0.15) is 0 Å². The molecule has 7 heteroatoms. The predicted octanol–water partition coefficient (Wildman–Crippen LogP) is 4.63. The fraction of sp³-hybridized carbons (Fsp3) is 0.423. The van der Waals surface area contributed by atoms with Crippen molar-refractivity contribution in [3.8, 4) is 5.75 Å². The number of rotatable bonds is 7. The number of imide groups is 1. The first-order valence-corrected chi connectivity index (χ1v) is 11.9. The number of methoxy groups -OCH3 is 1. The molecule has 1 aliphatic carbocycles. The van der Waals surface area contributed by atoms with Gasteiger partial charge in [-0.15, -0.1) is 0 Å². The van der Waals surface area contributed by atoms with Crippen molar-refractivity contribution < 1.29 is 19.1 Å². The summed E-state index contributed by atoms with van der Waals surface area (Å²) in [5, 5.41) is 0.635. The van der Waals surface area contributed by atoms with E-state index in [4.69, 9.17) is 16.3 Å². The first-order valence-electron chi connectivity index (χ1n) is 11.5. The van der Waals surface area contributed by atoms with Crippen LogP contribution in [0.25, 0.3) is 0 Å². The van der Waals surface area contributed by atoms with Crippen molar-refractivity contribution in [1.29, 1.82) is 0 Å². The number of hydrogen-bond acceptors (Lipinski definition) is 4. The second-order valence-electron chi connectivity index (χ2n) is 8.73. The number of halogens is 1. The van der Waals surface area contributed by atoms with Crippen molar-refractivity contribution >= 4 is 35.0 Å². The molecular formula is C26H29ClN2O4. The van der Waals surface area contributed by atoms with Gasteiger partial charge >= 0.3 is 0 Å². The standard InChI is InChI=1S/C26H29ClN2O4/c1-33-22-12-10-21(11-13-22)29-24(30)17-23(26(29)32)28(25(31)19-7-3-2-4-8-19)15-14-18-6-5-9-20(27)16-18/h5-6,9-13,16,19,23H,2-4,7-8,14-15,17H2,1H3. The second-order valence-corrected chi connectivity index (χ2v) is 9.17. The minimum atomic E-state index is -0.784. The average molecular weight is 469 g/mol. The molecule has 2 aromatic carbocycles. The van der Waals surface area contributed by atoms with Crippen LogP contribution in [0, 0.1) is 5.92 Å². The monoisotopic (exact) mass is 468 g/mol. The number of benzene rings is 2. The van der Waals surface area contributed by atoms with Gasteiger partial charge in [-0.25, -0.2) is 4.90 Å². The number of anilines is 1. The van der Waals surface area contributed by atoms with Crippen LogP contribution in [-0.4, -0.2) is 42.3 Å². The van der Waals surface area contributed by atoms with Gasteiger partial charge in [0.2, 0.25) is 11.8 Å². The van der Waals surface area contributed by atoms with Crippen molar-refractivity contribution in [3.05, 3.63) is 59.1 Å². The number of amides is 3. The molecule has 1 saturated heterocycles. The van der Waals surface area contributed by atoms with Crippen LogP contribution in [0.3, 0.4) is 0 Å². The molecule has 3 amide bonds. The van der Waals surface area contributed by atoms with E-state index in [1.54, 1.807) is 36.3 Å². The molecule has 2 aliphatic rings. The second kappa shape index (κ2) is 10.4. The average Bonchev–Trinajstić information content (AvgIpc) is 3.13. The molecule has 1 unspecified atom stereocenters. The van der Waals surface area contributed by atoms with Crippen LogP contribution in [-0.2, 0) is 20.8 Å². The maximum absolute atomic E-state index is 13.6. The van der Waals surface area contributed by atoms with Crippen LogP contribution in [0.2, 0.25) is 5.02 Å². The zero-order chi connectivity index (χ0) is 23.4. The van der Waals surface area contributed by atoms with Gasteiger partial charge in [0.05, 0.1) is 19.2 Å². The van der Waals surface area contributed by atoms with Gasteiger partial charge in [-0.1, -0.05) is 43.0 Å². The third kappa shape index (κ3) is 5.22. The number of hydrogen-bond donors (Lipinski definition) is 0. The van der Waals surface area contributed by atoms with E-state index in [1.165, 1.54) is 4.90 Å². The molecular weight excluding hydrogens is 440 g/mol. The summed E-state index contributed by atoms with van der Waals surface area (Å²) in [5.41, 5.74) is 1.49. The Labute approximate surface area is 199 Å². The molecule has 4 rings (SSSR count). The molecule has 2 aromatic rings. The highest BCUT2D eigenvalue weighted by Gasteiger charge is 2.45. The van der Waals surface area contributed by atoms with E-state index in [-0.39, 0.29) is 30.1 Å². The Balaban J connectivity index is 1.57. The summed E-state index contributed by atoms with van der Waals surface area (Å²) in [6.45, 7) is 0.371. The number of ether oxygens (including phenoxy) is 1. The van der Waals surface area contributed by atoms with Crippen molar-refractivity contribution in [2.24, 2.45) is 5.92 Å². The highest BCUT2D eigenvalue weighted by atomic mass is 35.5. The lowest BCUT2D eigenvalue weighted by molar-refractivity contribution is -0.142. The number of nitrogens with zero attached hydrogens (tertiary/aromatic N) is 2. The fourth-order valence-corrected chi connectivity index (χ4v) is 5.02. The van der Waals surface area contributed by atoms with E-state index in [9.17, 15) is 14.4 Å². The lowest BCUT2D eigenvalue weighted by atomic mass is 9.87. The van der Waals surface area contributed by atoms with Gasteiger partial charge < -0.3 is 9.64 Å². The number of carbonyl (C=O) groups excluding carboxylic acids is 3. The largest absolute Gasteiger partial charge is 0.497 e. The van der Waals surface area contributed by atoms with Crippen molar-refractivity contribution in [3.63, 3.8) is 0 Å². The molecule has 1 aliphatic heterocycles. The van der Waals surface area contributed by atoms with Crippen LogP contribution >= 0.6 is 11.6 Å². The maximum Gasteiger partial charge on any atom is 0.257 e. The van der Waals surface area contributed by atoms with Crippen molar-refractivity contribution in [1.82, 2.24) is 4.90 Å². The summed E-state index contributed by atoms with van der Waals surface area (Å²) in [4.78, 5) is 42.7. The minimum Gasteiger partial charge on any atom is -0.497 e.